The van der Waals surface area contributed by atoms with E-state index < -0.39 is 13.9 Å². The molecule has 1 saturated heterocycles. The highest BCUT2D eigenvalue weighted by atomic mass is 32.2. The SMILES string of the molecule is CSC12CS(=O)(=O)CC1=NC(=[NH2+])S2. The Labute approximate surface area is 85.0 Å². The summed E-state index contributed by atoms with van der Waals surface area (Å²) in [6, 6.07) is 0. The maximum atomic E-state index is 11.4. The molecule has 4 nitrogen and oxygen atoms in total. The van der Waals surface area contributed by atoms with Gasteiger partial charge in [0, 0.05) is 0 Å². The number of thioether (sulfide) groups is 2. The van der Waals surface area contributed by atoms with E-state index in [-0.39, 0.29) is 11.5 Å². The molecule has 0 aromatic heterocycles. The van der Waals surface area contributed by atoms with Crippen LogP contribution in [0.5, 0.6) is 0 Å². The molecule has 0 aromatic carbocycles. The molecular weight excluding hydrogens is 228 g/mol. The summed E-state index contributed by atoms with van der Waals surface area (Å²) in [5, 5.41) is 6.04. The minimum atomic E-state index is -2.94. The van der Waals surface area contributed by atoms with E-state index in [1.165, 1.54) is 23.5 Å². The van der Waals surface area contributed by atoms with Crippen molar-refractivity contribution in [2.45, 2.75) is 4.08 Å². The van der Waals surface area contributed by atoms with Gasteiger partial charge in [-0.1, -0.05) is 0 Å². The highest BCUT2D eigenvalue weighted by Gasteiger charge is 2.57. The molecule has 0 bridgehead atoms. The Morgan fingerprint density at radius 3 is 2.92 bits per heavy atom. The lowest BCUT2D eigenvalue weighted by Gasteiger charge is -2.14. The first kappa shape index (κ1) is 9.54. The summed E-state index contributed by atoms with van der Waals surface area (Å²) in [6.07, 6.45) is 1.89. The molecule has 0 saturated carbocycles. The number of fused-ring (bicyclic) bond motifs is 1. The van der Waals surface area contributed by atoms with Crippen molar-refractivity contribution in [3.05, 3.63) is 0 Å². The van der Waals surface area contributed by atoms with Crippen LogP contribution in [0.15, 0.2) is 4.99 Å². The summed E-state index contributed by atoms with van der Waals surface area (Å²) in [5.74, 6) is 0.229. The summed E-state index contributed by atoms with van der Waals surface area (Å²) in [5.41, 5.74) is 0.711. The van der Waals surface area contributed by atoms with Crippen molar-refractivity contribution in [3.63, 3.8) is 0 Å². The number of hydrogen-bond donors (Lipinski definition) is 1. The number of amidine groups is 1. The molecule has 2 aliphatic rings. The Morgan fingerprint density at radius 1 is 1.69 bits per heavy atom. The van der Waals surface area contributed by atoms with Gasteiger partial charge < -0.3 is 0 Å². The van der Waals surface area contributed by atoms with Crippen LogP contribution in [0.25, 0.3) is 0 Å². The number of nitrogens with zero attached hydrogens (tertiary/aromatic N) is 1. The largest absolute Gasteiger partial charge is 0.352 e. The Bertz CT molecular complexity index is 400. The first-order chi connectivity index (χ1) is 5.97. The van der Waals surface area contributed by atoms with Gasteiger partial charge in [-0.05, 0) is 23.0 Å². The number of nitrogens with two attached hydrogens (primary N) is 1. The molecule has 2 N–H and O–H groups in total. The second-order valence-electron chi connectivity index (χ2n) is 2.99. The lowest BCUT2D eigenvalue weighted by Crippen LogP contribution is -2.36. The molecule has 0 spiro atoms. The Balaban J connectivity index is 2.47. The monoisotopic (exact) mass is 237 g/mol. The first-order valence-electron chi connectivity index (χ1n) is 3.62. The van der Waals surface area contributed by atoms with E-state index in [2.05, 4.69) is 4.99 Å². The zero-order valence-electron chi connectivity index (χ0n) is 6.98. The van der Waals surface area contributed by atoms with E-state index in [1.54, 1.807) is 0 Å². The molecule has 2 aliphatic heterocycles. The van der Waals surface area contributed by atoms with E-state index >= 15 is 0 Å². The van der Waals surface area contributed by atoms with Crippen LogP contribution in [0.3, 0.4) is 0 Å². The molecular formula is C6H9N2O2S3+. The van der Waals surface area contributed by atoms with Crippen molar-refractivity contribution in [1.82, 2.24) is 0 Å². The lowest BCUT2D eigenvalue weighted by atomic mass is 10.3. The fourth-order valence-electron chi connectivity index (χ4n) is 1.49. The van der Waals surface area contributed by atoms with Gasteiger partial charge in [0.05, 0.1) is 5.75 Å². The van der Waals surface area contributed by atoms with Gasteiger partial charge in [0.15, 0.2) is 15.5 Å². The van der Waals surface area contributed by atoms with Crippen LogP contribution < -0.4 is 5.41 Å². The van der Waals surface area contributed by atoms with Crippen LogP contribution in [0.2, 0.25) is 0 Å². The second-order valence-corrected chi connectivity index (χ2v) is 7.74. The van der Waals surface area contributed by atoms with Gasteiger partial charge in [-0.15, -0.1) is 11.8 Å². The fraction of sp³-hybridized carbons (Fsp3) is 0.667. The third-order valence-corrected chi connectivity index (χ3v) is 6.80. The quantitative estimate of drug-likeness (QED) is 0.620. The molecule has 1 atom stereocenters. The number of aliphatic imine (C=N–C) groups is 1. The maximum Gasteiger partial charge on any atom is 0.352 e. The van der Waals surface area contributed by atoms with E-state index in [0.717, 1.165) is 0 Å². The topological polar surface area (TPSA) is 72.1 Å². The van der Waals surface area contributed by atoms with Crippen LogP contribution in [0.4, 0.5) is 0 Å². The highest BCUT2D eigenvalue weighted by Crippen LogP contribution is 2.46. The molecule has 0 aromatic rings. The molecule has 0 aliphatic carbocycles. The summed E-state index contributed by atoms with van der Waals surface area (Å²) in [7, 11) is -2.94. The van der Waals surface area contributed by atoms with Crippen LogP contribution in [0, 0.1) is 0 Å². The molecule has 2 rings (SSSR count). The molecule has 1 unspecified atom stereocenters. The van der Waals surface area contributed by atoms with Gasteiger partial charge in [-0.3, -0.25) is 5.41 Å². The smallest absolute Gasteiger partial charge is 0.278 e. The van der Waals surface area contributed by atoms with Crippen molar-refractivity contribution >= 4 is 44.2 Å². The molecule has 0 amide bonds. The third kappa shape index (κ3) is 1.42. The van der Waals surface area contributed by atoms with Crippen molar-refractivity contribution < 1.29 is 13.8 Å². The predicted octanol–water partition coefficient (Wildman–Crippen LogP) is -1.22. The van der Waals surface area contributed by atoms with Crippen molar-refractivity contribution in [3.8, 4) is 0 Å². The molecule has 72 valence electrons. The molecule has 1 fully saturated rings. The average molecular weight is 237 g/mol. The van der Waals surface area contributed by atoms with Gasteiger partial charge >= 0.3 is 5.17 Å². The van der Waals surface area contributed by atoms with Crippen molar-refractivity contribution in [2.24, 2.45) is 4.99 Å². The fourth-order valence-corrected chi connectivity index (χ4v) is 6.71. The zero-order chi connectivity index (χ0) is 9.69. The van der Waals surface area contributed by atoms with E-state index in [9.17, 15) is 8.42 Å². The predicted molar refractivity (Wildman–Crippen MR) is 56.9 cm³/mol. The average Bonchev–Trinajstić information content (AvgIpc) is 2.36. The summed E-state index contributed by atoms with van der Waals surface area (Å²) in [4.78, 5) is 4.06. The Hall–Kier alpha value is -0.0100. The minimum Gasteiger partial charge on any atom is -0.278 e. The van der Waals surface area contributed by atoms with Crippen molar-refractivity contribution in [2.75, 3.05) is 17.8 Å². The van der Waals surface area contributed by atoms with Crippen molar-refractivity contribution in [1.29, 1.82) is 0 Å². The van der Waals surface area contributed by atoms with Gasteiger partial charge in [0.1, 0.15) is 9.83 Å². The zero-order valence-corrected chi connectivity index (χ0v) is 9.43. The first-order valence-corrected chi connectivity index (χ1v) is 7.49. The van der Waals surface area contributed by atoms with Gasteiger partial charge in [0.25, 0.3) is 0 Å². The molecule has 0 radical (unpaired) electrons. The molecule has 2 heterocycles. The third-order valence-electron chi connectivity index (χ3n) is 2.05. The van der Waals surface area contributed by atoms with E-state index in [4.69, 9.17) is 5.41 Å². The number of rotatable bonds is 1. The lowest BCUT2D eigenvalue weighted by molar-refractivity contribution is -0.109. The minimum absolute atomic E-state index is 0.0710. The highest BCUT2D eigenvalue weighted by molar-refractivity contribution is 8.28. The van der Waals surface area contributed by atoms with Crippen LogP contribution in [0.1, 0.15) is 0 Å². The molecule has 7 heteroatoms. The standard InChI is InChI=1S/C6H8N2O2S3/c1-11-6-3-13(9,10)2-4(6)8-5(7)12-6/h7H,2-3H2,1H3/p+1. The maximum absolute atomic E-state index is 11.4. The molecule has 13 heavy (non-hydrogen) atoms. The summed E-state index contributed by atoms with van der Waals surface area (Å²) >= 11 is 2.87. The Morgan fingerprint density at radius 2 is 2.38 bits per heavy atom. The number of hydrogen-bond acceptors (Lipinski definition) is 4. The summed E-state index contributed by atoms with van der Waals surface area (Å²) < 4.78 is 22.3. The van der Waals surface area contributed by atoms with Gasteiger partial charge in [-0.2, -0.15) is 0 Å². The normalized spacial score (nSPS) is 36.1. The number of sulfone groups is 1. The van der Waals surface area contributed by atoms with Crippen LogP contribution in [-0.4, -0.2) is 41.1 Å². The van der Waals surface area contributed by atoms with Crippen LogP contribution in [-0.2, 0) is 9.84 Å². The van der Waals surface area contributed by atoms with Crippen LogP contribution >= 0.6 is 23.5 Å². The van der Waals surface area contributed by atoms with Gasteiger partial charge in [-0.25, -0.2) is 8.42 Å². The van der Waals surface area contributed by atoms with E-state index in [0.29, 0.717) is 10.9 Å². The second kappa shape index (κ2) is 2.74. The summed E-state index contributed by atoms with van der Waals surface area (Å²) in [6.45, 7) is 0. The van der Waals surface area contributed by atoms with Gasteiger partial charge in [0.2, 0.25) is 0 Å². The van der Waals surface area contributed by atoms with E-state index in [1.807, 2.05) is 6.26 Å². The Kier molecular flexibility index (Phi) is 2.01.